The molecule has 3 nitrogen and oxygen atoms in total. The van der Waals surface area contributed by atoms with Crippen LogP contribution < -0.4 is 5.32 Å². The summed E-state index contributed by atoms with van der Waals surface area (Å²) in [7, 11) is 0. The normalized spacial score (nSPS) is 10.9. The number of aliphatic hydroxyl groups excluding tert-OH is 1. The van der Waals surface area contributed by atoms with E-state index in [1.807, 2.05) is 24.3 Å². The quantitative estimate of drug-likeness (QED) is 0.720. The number of hydrogen-bond acceptors (Lipinski definition) is 3. The van der Waals surface area contributed by atoms with Gasteiger partial charge in [-0.3, -0.25) is 0 Å². The van der Waals surface area contributed by atoms with Crippen LogP contribution in [0.5, 0.6) is 0 Å². The van der Waals surface area contributed by atoms with Gasteiger partial charge in [-0.2, -0.15) is 0 Å². The Morgan fingerprint density at radius 1 is 1.29 bits per heavy atom. The molecule has 0 amide bonds. The molecule has 0 atom stereocenters. The molecule has 1 aromatic heterocycles. The van der Waals surface area contributed by atoms with Crippen LogP contribution in [0.3, 0.4) is 0 Å². The van der Waals surface area contributed by atoms with E-state index in [1.54, 1.807) is 6.26 Å². The van der Waals surface area contributed by atoms with Crippen LogP contribution in [0.1, 0.15) is 5.56 Å². The summed E-state index contributed by atoms with van der Waals surface area (Å²) in [4.78, 5) is 0. The maximum Gasteiger partial charge on any atom is 0.134 e. The average molecular weight is 191 g/mol. The zero-order valence-corrected chi connectivity index (χ0v) is 7.86. The molecule has 0 aliphatic carbocycles. The second-order valence-electron chi connectivity index (χ2n) is 3.16. The highest BCUT2D eigenvalue weighted by molar-refractivity contribution is 5.80. The van der Waals surface area contributed by atoms with Crippen molar-refractivity contribution in [2.75, 3.05) is 13.2 Å². The molecule has 0 spiro atoms. The summed E-state index contributed by atoms with van der Waals surface area (Å²) < 4.78 is 5.38. The van der Waals surface area contributed by atoms with Crippen LogP contribution in [-0.4, -0.2) is 18.3 Å². The number of para-hydroxylation sites is 1. The Balaban J connectivity index is 2.17. The Kier molecular flexibility index (Phi) is 2.81. The lowest BCUT2D eigenvalue weighted by Crippen LogP contribution is -2.17. The molecule has 2 rings (SSSR count). The van der Waals surface area contributed by atoms with Gasteiger partial charge < -0.3 is 14.8 Å². The van der Waals surface area contributed by atoms with Gasteiger partial charge in [0.15, 0.2) is 0 Å². The van der Waals surface area contributed by atoms with Gasteiger partial charge in [0.05, 0.1) is 12.9 Å². The van der Waals surface area contributed by atoms with Gasteiger partial charge >= 0.3 is 0 Å². The predicted molar refractivity (Wildman–Crippen MR) is 55.0 cm³/mol. The van der Waals surface area contributed by atoms with E-state index in [9.17, 15) is 0 Å². The molecule has 0 unspecified atom stereocenters. The molecule has 2 aromatic rings. The SMILES string of the molecule is OCCNCc1coc2ccccc12. The molecule has 0 aliphatic heterocycles. The number of rotatable bonds is 4. The summed E-state index contributed by atoms with van der Waals surface area (Å²) in [6, 6.07) is 7.93. The molecule has 0 fully saturated rings. The fourth-order valence-corrected chi connectivity index (χ4v) is 1.47. The first kappa shape index (κ1) is 9.24. The van der Waals surface area contributed by atoms with Crippen molar-refractivity contribution in [2.45, 2.75) is 6.54 Å². The lowest BCUT2D eigenvalue weighted by atomic mass is 10.2. The first-order chi connectivity index (χ1) is 6.92. The van der Waals surface area contributed by atoms with Crippen LogP contribution in [0, 0.1) is 0 Å². The first-order valence-corrected chi connectivity index (χ1v) is 4.68. The minimum absolute atomic E-state index is 0.162. The Labute approximate surface area is 82.3 Å². The standard InChI is InChI=1S/C11H13NO2/c13-6-5-12-7-9-8-14-11-4-2-1-3-10(9)11/h1-4,8,12-13H,5-7H2. The van der Waals surface area contributed by atoms with Crippen LogP contribution in [-0.2, 0) is 6.54 Å². The average Bonchev–Trinajstić information content (AvgIpc) is 2.63. The molecule has 74 valence electrons. The van der Waals surface area contributed by atoms with Crippen molar-refractivity contribution in [3.05, 3.63) is 36.1 Å². The fraction of sp³-hybridized carbons (Fsp3) is 0.273. The third kappa shape index (κ3) is 1.78. The maximum atomic E-state index is 8.62. The minimum atomic E-state index is 0.162. The van der Waals surface area contributed by atoms with Crippen LogP contribution >= 0.6 is 0 Å². The lowest BCUT2D eigenvalue weighted by Gasteiger charge is -1.99. The highest BCUT2D eigenvalue weighted by atomic mass is 16.3. The molecule has 0 radical (unpaired) electrons. The molecular formula is C11H13NO2. The number of furan rings is 1. The van der Waals surface area contributed by atoms with E-state index < -0.39 is 0 Å². The number of hydrogen-bond donors (Lipinski definition) is 2. The Morgan fingerprint density at radius 2 is 2.14 bits per heavy atom. The van der Waals surface area contributed by atoms with Crippen molar-refractivity contribution >= 4 is 11.0 Å². The Hall–Kier alpha value is -1.32. The molecule has 3 heteroatoms. The minimum Gasteiger partial charge on any atom is -0.464 e. The zero-order chi connectivity index (χ0) is 9.80. The number of benzene rings is 1. The van der Waals surface area contributed by atoms with Gasteiger partial charge in [-0.15, -0.1) is 0 Å². The van der Waals surface area contributed by atoms with E-state index >= 15 is 0 Å². The van der Waals surface area contributed by atoms with Gasteiger partial charge in [0.1, 0.15) is 5.58 Å². The van der Waals surface area contributed by atoms with Crippen LogP contribution in [0.4, 0.5) is 0 Å². The zero-order valence-electron chi connectivity index (χ0n) is 7.86. The van der Waals surface area contributed by atoms with Gasteiger partial charge in [-0.1, -0.05) is 18.2 Å². The number of nitrogens with one attached hydrogen (secondary N) is 1. The van der Waals surface area contributed by atoms with Gasteiger partial charge in [-0.25, -0.2) is 0 Å². The van der Waals surface area contributed by atoms with Crippen molar-refractivity contribution in [3.8, 4) is 0 Å². The maximum absolute atomic E-state index is 8.62. The third-order valence-corrected chi connectivity index (χ3v) is 2.17. The molecule has 1 heterocycles. The Bertz CT molecular complexity index is 408. The van der Waals surface area contributed by atoms with E-state index in [2.05, 4.69) is 5.32 Å². The van der Waals surface area contributed by atoms with E-state index in [4.69, 9.17) is 9.52 Å². The van der Waals surface area contributed by atoms with Crippen LogP contribution in [0.15, 0.2) is 34.9 Å². The summed E-state index contributed by atoms with van der Waals surface area (Å²) in [5.41, 5.74) is 2.04. The van der Waals surface area contributed by atoms with Gasteiger partial charge in [-0.05, 0) is 6.07 Å². The molecule has 0 saturated carbocycles. The smallest absolute Gasteiger partial charge is 0.134 e. The summed E-state index contributed by atoms with van der Waals surface area (Å²) in [6.07, 6.45) is 1.76. The molecule has 1 aromatic carbocycles. The van der Waals surface area contributed by atoms with E-state index in [0.29, 0.717) is 6.54 Å². The van der Waals surface area contributed by atoms with Crippen molar-refractivity contribution in [3.63, 3.8) is 0 Å². The fourth-order valence-electron chi connectivity index (χ4n) is 1.47. The lowest BCUT2D eigenvalue weighted by molar-refractivity contribution is 0.292. The molecule has 2 N–H and O–H groups in total. The molecule has 0 aliphatic rings. The third-order valence-electron chi connectivity index (χ3n) is 2.17. The van der Waals surface area contributed by atoms with Crippen molar-refractivity contribution in [1.29, 1.82) is 0 Å². The van der Waals surface area contributed by atoms with Crippen molar-refractivity contribution in [2.24, 2.45) is 0 Å². The van der Waals surface area contributed by atoms with E-state index in [0.717, 1.165) is 23.1 Å². The first-order valence-electron chi connectivity index (χ1n) is 4.68. The number of aliphatic hydroxyl groups is 1. The molecule has 14 heavy (non-hydrogen) atoms. The molecule has 0 bridgehead atoms. The second-order valence-corrected chi connectivity index (χ2v) is 3.16. The number of fused-ring (bicyclic) bond motifs is 1. The monoisotopic (exact) mass is 191 g/mol. The topological polar surface area (TPSA) is 45.4 Å². The van der Waals surface area contributed by atoms with Gasteiger partial charge in [0.25, 0.3) is 0 Å². The van der Waals surface area contributed by atoms with Crippen LogP contribution in [0.25, 0.3) is 11.0 Å². The largest absolute Gasteiger partial charge is 0.464 e. The predicted octanol–water partition coefficient (Wildman–Crippen LogP) is 1.51. The molecular weight excluding hydrogens is 178 g/mol. The van der Waals surface area contributed by atoms with Gasteiger partial charge in [0, 0.05) is 24.0 Å². The highest BCUT2D eigenvalue weighted by Crippen LogP contribution is 2.20. The van der Waals surface area contributed by atoms with Gasteiger partial charge in [0.2, 0.25) is 0 Å². The van der Waals surface area contributed by atoms with E-state index in [-0.39, 0.29) is 6.61 Å². The van der Waals surface area contributed by atoms with E-state index in [1.165, 1.54) is 0 Å². The van der Waals surface area contributed by atoms with Crippen LogP contribution in [0.2, 0.25) is 0 Å². The van der Waals surface area contributed by atoms with Crippen molar-refractivity contribution in [1.82, 2.24) is 5.32 Å². The second kappa shape index (κ2) is 4.26. The summed E-state index contributed by atoms with van der Waals surface area (Å²) in [5.74, 6) is 0. The molecule has 0 saturated heterocycles. The van der Waals surface area contributed by atoms with Crippen molar-refractivity contribution < 1.29 is 9.52 Å². The summed E-state index contributed by atoms with van der Waals surface area (Å²) in [6.45, 7) is 1.51. The summed E-state index contributed by atoms with van der Waals surface area (Å²) >= 11 is 0. The summed E-state index contributed by atoms with van der Waals surface area (Å²) in [5, 5.41) is 12.9. The highest BCUT2D eigenvalue weighted by Gasteiger charge is 2.03. The Morgan fingerprint density at radius 3 is 3.00 bits per heavy atom.